The van der Waals surface area contributed by atoms with Crippen molar-refractivity contribution in [1.29, 1.82) is 5.26 Å². The summed E-state index contributed by atoms with van der Waals surface area (Å²) in [5, 5.41) is 9.02. The van der Waals surface area contributed by atoms with Crippen LogP contribution in [-0.4, -0.2) is 29.6 Å². The minimum atomic E-state index is -5.10. The molecule has 0 saturated heterocycles. The molecule has 0 aliphatic rings. The molecule has 0 unspecified atom stereocenters. The molecule has 124 valence electrons. The van der Waals surface area contributed by atoms with E-state index in [1.165, 1.54) is 18.2 Å². The molecule has 0 bridgehead atoms. The highest BCUT2D eigenvalue weighted by molar-refractivity contribution is 6.04. The van der Waals surface area contributed by atoms with Crippen LogP contribution in [0.1, 0.15) is 26.4 Å². The van der Waals surface area contributed by atoms with Gasteiger partial charge in [-0.15, -0.1) is 0 Å². The SMILES string of the molecule is COC(=O)c1c(N)c(C#N)cn1-c1ccccc1C(=O)C(F)(F)F. The second kappa shape index (κ2) is 6.08. The number of alkyl halides is 3. The van der Waals surface area contributed by atoms with Crippen LogP contribution in [0.15, 0.2) is 30.5 Å². The van der Waals surface area contributed by atoms with Gasteiger partial charge in [0.1, 0.15) is 6.07 Å². The summed E-state index contributed by atoms with van der Waals surface area (Å²) in [6.07, 6.45) is -4.03. The van der Waals surface area contributed by atoms with Gasteiger partial charge in [-0.05, 0) is 12.1 Å². The number of hydrogen-bond donors (Lipinski definition) is 1. The summed E-state index contributed by atoms with van der Waals surface area (Å²) in [6.45, 7) is 0. The maximum Gasteiger partial charge on any atom is 0.454 e. The average molecular weight is 337 g/mol. The van der Waals surface area contributed by atoms with Crippen LogP contribution in [0.3, 0.4) is 0 Å². The average Bonchev–Trinajstić information content (AvgIpc) is 2.89. The Morgan fingerprint density at radius 1 is 1.29 bits per heavy atom. The molecule has 0 aliphatic carbocycles. The number of halogens is 3. The third-order valence-corrected chi connectivity index (χ3v) is 3.21. The Labute approximate surface area is 133 Å². The van der Waals surface area contributed by atoms with Gasteiger partial charge in [-0.25, -0.2) is 4.79 Å². The van der Waals surface area contributed by atoms with Crippen LogP contribution in [0.2, 0.25) is 0 Å². The van der Waals surface area contributed by atoms with Crippen molar-refractivity contribution in [3.63, 3.8) is 0 Å². The zero-order valence-electron chi connectivity index (χ0n) is 12.2. The van der Waals surface area contributed by atoms with Gasteiger partial charge in [0.05, 0.1) is 29.6 Å². The van der Waals surface area contributed by atoms with Crippen LogP contribution in [-0.2, 0) is 4.74 Å². The largest absolute Gasteiger partial charge is 0.464 e. The van der Waals surface area contributed by atoms with Gasteiger partial charge in [-0.3, -0.25) is 4.79 Å². The molecular formula is C15H10F3N3O3. The summed E-state index contributed by atoms with van der Waals surface area (Å²) < 4.78 is 43.8. The fraction of sp³-hybridized carbons (Fsp3) is 0.133. The molecule has 1 heterocycles. The van der Waals surface area contributed by atoms with Gasteiger partial charge in [0.2, 0.25) is 0 Å². The first-order chi connectivity index (χ1) is 11.2. The molecule has 1 aromatic carbocycles. The van der Waals surface area contributed by atoms with E-state index in [9.17, 15) is 22.8 Å². The summed E-state index contributed by atoms with van der Waals surface area (Å²) >= 11 is 0. The molecule has 0 aliphatic heterocycles. The van der Waals surface area contributed by atoms with Crippen LogP contribution < -0.4 is 5.73 Å². The number of nitrogen functional groups attached to an aromatic ring is 1. The highest BCUT2D eigenvalue weighted by atomic mass is 19.4. The molecule has 0 radical (unpaired) electrons. The van der Waals surface area contributed by atoms with Crippen molar-refractivity contribution in [2.75, 3.05) is 12.8 Å². The first-order valence-corrected chi connectivity index (χ1v) is 6.42. The molecule has 9 heteroatoms. The Bertz CT molecular complexity index is 863. The zero-order valence-corrected chi connectivity index (χ0v) is 12.2. The second-order valence-corrected chi connectivity index (χ2v) is 4.62. The minimum Gasteiger partial charge on any atom is -0.464 e. The van der Waals surface area contributed by atoms with E-state index in [4.69, 9.17) is 11.0 Å². The summed E-state index contributed by atoms with van der Waals surface area (Å²) in [4.78, 5) is 23.5. The lowest BCUT2D eigenvalue weighted by Gasteiger charge is -2.13. The van der Waals surface area contributed by atoms with E-state index in [0.717, 1.165) is 23.9 Å². The number of anilines is 1. The molecule has 0 saturated carbocycles. The second-order valence-electron chi connectivity index (χ2n) is 4.62. The molecule has 0 atom stereocenters. The number of benzene rings is 1. The van der Waals surface area contributed by atoms with E-state index < -0.39 is 23.5 Å². The fourth-order valence-corrected chi connectivity index (χ4v) is 2.13. The molecule has 1 aromatic heterocycles. The number of nitrogens with two attached hydrogens (primary N) is 1. The van der Waals surface area contributed by atoms with Crippen molar-refractivity contribution in [3.05, 3.63) is 47.3 Å². The topological polar surface area (TPSA) is 98.1 Å². The minimum absolute atomic E-state index is 0.135. The lowest BCUT2D eigenvalue weighted by molar-refractivity contribution is -0.0885. The number of ether oxygens (including phenoxy) is 1. The number of esters is 1. The first kappa shape index (κ1) is 17.1. The third kappa shape index (κ3) is 2.81. The van der Waals surface area contributed by atoms with E-state index in [0.29, 0.717) is 0 Å². The fourth-order valence-electron chi connectivity index (χ4n) is 2.13. The number of carbonyl (C=O) groups is 2. The van der Waals surface area contributed by atoms with E-state index in [1.54, 1.807) is 6.07 Å². The van der Waals surface area contributed by atoms with Crippen LogP contribution in [0.5, 0.6) is 0 Å². The van der Waals surface area contributed by atoms with Crippen LogP contribution in [0, 0.1) is 11.3 Å². The normalized spacial score (nSPS) is 11.0. The third-order valence-electron chi connectivity index (χ3n) is 3.21. The van der Waals surface area contributed by atoms with Crippen LogP contribution in [0.4, 0.5) is 18.9 Å². The van der Waals surface area contributed by atoms with Crippen LogP contribution >= 0.6 is 0 Å². The number of nitrogens with zero attached hydrogens (tertiary/aromatic N) is 2. The van der Waals surface area contributed by atoms with Gasteiger partial charge in [0.25, 0.3) is 5.78 Å². The number of methoxy groups -OCH3 is 1. The highest BCUT2D eigenvalue weighted by Gasteiger charge is 2.41. The molecule has 2 aromatic rings. The monoisotopic (exact) mass is 337 g/mol. The van der Waals surface area contributed by atoms with Crippen molar-refractivity contribution in [3.8, 4) is 11.8 Å². The molecular weight excluding hydrogens is 327 g/mol. The van der Waals surface area contributed by atoms with E-state index in [1.807, 2.05) is 0 Å². The molecule has 0 spiro atoms. The molecule has 2 N–H and O–H groups in total. The van der Waals surface area contributed by atoms with Gasteiger partial charge in [0.15, 0.2) is 5.69 Å². The summed E-state index contributed by atoms with van der Waals surface area (Å²) in [6, 6.07) is 6.52. The maximum atomic E-state index is 12.8. The number of rotatable bonds is 3. The number of para-hydroxylation sites is 1. The maximum absolute atomic E-state index is 12.8. The number of aromatic nitrogens is 1. The Morgan fingerprint density at radius 3 is 2.46 bits per heavy atom. The van der Waals surface area contributed by atoms with Crippen molar-refractivity contribution >= 4 is 17.4 Å². The Hall–Kier alpha value is -3.28. The summed E-state index contributed by atoms with van der Waals surface area (Å²) in [5.41, 5.74) is 4.04. The quantitative estimate of drug-likeness (QED) is 0.685. The number of hydrogen-bond acceptors (Lipinski definition) is 5. The van der Waals surface area contributed by atoms with E-state index in [-0.39, 0.29) is 22.6 Å². The summed E-state index contributed by atoms with van der Waals surface area (Å²) in [7, 11) is 1.05. The van der Waals surface area contributed by atoms with Crippen LogP contribution in [0.25, 0.3) is 5.69 Å². The number of carbonyl (C=O) groups excluding carboxylic acids is 2. The first-order valence-electron chi connectivity index (χ1n) is 6.42. The molecule has 2 rings (SSSR count). The lowest BCUT2D eigenvalue weighted by atomic mass is 10.1. The predicted octanol–water partition coefficient (Wildman–Crippen LogP) is 2.46. The zero-order chi connectivity index (χ0) is 18.1. The van der Waals surface area contributed by atoms with E-state index in [2.05, 4.69) is 4.74 Å². The van der Waals surface area contributed by atoms with Gasteiger partial charge in [-0.2, -0.15) is 18.4 Å². The Balaban J connectivity index is 2.77. The lowest BCUT2D eigenvalue weighted by Crippen LogP contribution is -2.24. The molecule has 0 amide bonds. The van der Waals surface area contributed by atoms with Crippen molar-refractivity contribution in [2.24, 2.45) is 0 Å². The standard InChI is InChI=1S/C15H10F3N3O3/c1-24-14(23)12-11(20)8(6-19)7-21(12)10-5-3-2-4-9(10)13(22)15(16,17)18/h2-5,7H,20H2,1H3. The predicted molar refractivity (Wildman–Crippen MR) is 76.6 cm³/mol. The Morgan fingerprint density at radius 2 is 1.92 bits per heavy atom. The van der Waals surface area contributed by atoms with Gasteiger partial charge in [0, 0.05) is 6.20 Å². The van der Waals surface area contributed by atoms with Gasteiger partial charge in [-0.1, -0.05) is 12.1 Å². The van der Waals surface area contributed by atoms with Gasteiger partial charge >= 0.3 is 12.1 Å². The number of Topliss-reactive ketones (excluding diaryl/α,β-unsaturated/α-hetero) is 1. The molecule has 6 nitrogen and oxygen atoms in total. The van der Waals surface area contributed by atoms with Crippen molar-refractivity contribution in [1.82, 2.24) is 4.57 Å². The molecule has 0 fully saturated rings. The van der Waals surface area contributed by atoms with Crippen molar-refractivity contribution in [2.45, 2.75) is 6.18 Å². The molecule has 24 heavy (non-hydrogen) atoms. The summed E-state index contributed by atoms with van der Waals surface area (Å²) in [5.74, 6) is -3.04. The number of ketones is 1. The van der Waals surface area contributed by atoms with Gasteiger partial charge < -0.3 is 15.0 Å². The smallest absolute Gasteiger partial charge is 0.454 e. The highest BCUT2D eigenvalue weighted by Crippen LogP contribution is 2.30. The number of nitriles is 1. The van der Waals surface area contributed by atoms with E-state index >= 15 is 0 Å². The Kier molecular flexibility index (Phi) is 4.33. The van der Waals surface area contributed by atoms with Crippen molar-refractivity contribution < 1.29 is 27.5 Å².